The molecular weight excluding hydrogens is 314 g/mol. The average molecular weight is 335 g/mol. The summed E-state index contributed by atoms with van der Waals surface area (Å²) in [4.78, 5) is 19.5. The van der Waals surface area contributed by atoms with E-state index < -0.39 is 0 Å². The van der Waals surface area contributed by atoms with Crippen LogP contribution in [0.3, 0.4) is 0 Å². The average Bonchev–Trinajstić information content (AvgIpc) is 3.18. The molecule has 0 spiro atoms. The smallest absolute Gasteiger partial charge is 0.407 e. The molecule has 0 saturated carbocycles. The SMILES string of the molecule is CCOC(=O)NC1CCCN(Cc2cnc(-c3ccco3)s2)C1. The molecule has 0 aromatic carbocycles. The number of amides is 1. The normalized spacial score (nSPS) is 18.7. The van der Waals surface area contributed by atoms with Gasteiger partial charge < -0.3 is 14.5 Å². The van der Waals surface area contributed by atoms with Gasteiger partial charge in [0.15, 0.2) is 10.8 Å². The third-order valence-electron chi connectivity index (χ3n) is 3.77. The van der Waals surface area contributed by atoms with Crippen molar-refractivity contribution in [2.75, 3.05) is 19.7 Å². The van der Waals surface area contributed by atoms with E-state index in [1.54, 1.807) is 17.6 Å². The van der Waals surface area contributed by atoms with Gasteiger partial charge in [-0.1, -0.05) is 0 Å². The summed E-state index contributed by atoms with van der Waals surface area (Å²) in [6.07, 6.45) is 5.31. The maximum Gasteiger partial charge on any atom is 0.407 e. The van der Waals surface area contributed by atoms with Gasteiger partial charge in [-0.3, -0.25) is 4.90 Å². The van der Waals surface area contributed by atoms with Crippen LogP contribution in [0, 0.1) is 0 Å². The zero-order chi connectivity index (χ0) is 16.1. The molecule has 1 saturated heterocycles. The number of furan rings is 1. The Morgan fingerprint density at radius 2 is 2.52 bits per heavy atom. The zero-order valence-electron chi connectivity index (χ0n) is 13.2. The Labute approximate surface area is 139 Å². The minimum atomic E-state index is -0.322. The maximum atomic E-state index is 11.5. The molecule has 3 heterocycles. The Balaban J connectivity index is 1.54. The van der Waals surface area contributed by atoms with Gasteiger partial charge in [0, 0.05) is 30.2 Å². The van der Waals surface area contributed by atoms with Crippen LogP contribution in [0.1, 0.15) is 24.6 Å². The number of piperidine rings is 1. The summed E-state index contributed by atoms with van der Waals surface area (Å²) in [6.45, 7) is 4.94. The van der Waals surface area contributed by atoms with Crippen molar-refractivity contribution >= 4 is 17.4 Å². The van der Waals surface area contributed by atoms with Crippen LogP contribution in [-0.2, 0) is 11.3 Å². The number of aromatic nitrogens is 1. The summed E-state index contributed by atoms with van der Waals surface area (Å²) in [5.41, 5.74) is 0. The number of rotatable bonds is 5. The van der Waals surface area contributed by atoms with Crippen molar-refractivity contribution in [3.8, 4) is 10.8 Å². The Morgan fingerprint density at radius 3 is 3.30 bits per heavy atom. The van der Waals surface area contributed by atoms with E-state index in [1.165, 1.54) is 4.88 Å². The van der Waals surface area contributed by atoms with Crippen LogP contribution in [0.4, 0.5) is 4.79 Å². The van der Waals surface area contributed by atoms with E-state index in [0.29, 0.717) is 6.61 Å². The third kappa shape index (κ3) is 4.33. The lowest BCUT2D eigenvalue weighted by atomic mass is 10.1. The van der Waals surface area contributed by atoms with E-state index >= 15 is 0 Å². The third-order valence-corrected chi connectivity index (χ3v) is 4.76. The van der Waals surface area contributed by atoms with Crippen LogP contribution in [0.5, 0.6) is 0 Å². The fourth-order valence-corrected chi connectivity index (χ4v) is 3.69. The van der Waals surface area contributed by atoms with Crippen LogP contribution < -0.4 is 5.32 Å². The standard InChI is InChI=1S/C16H21N3O3S/c1-2-21-16(20)18-12-5-3-7-19(10-12)11-13-9-17-15(23-13)14-6-4-8-22-14/h4,6,8-9,12H,2-3,5,7,10-11H2,1H3,(H,18,20). The van der Waals surface area contributed by atoms with Crippen molar-refractivity contribution in [1.29, 1.82) is 0 Å². The van der Waals surface area contributed by atoms with Crippen LogP contribution in [0.2, 0.25) is 0 Å². The predicted octanol–water partition coefficient (Wildman–Crippen LogP) is 3.11. The number of carbonyl (C=O) groups is 1. The van der Waals surface area contributed by atoms with Gasteiger partial charge in [0.2, 0.25) is 0 Å². The number of ether oxygens (including phenoxy) is 1. The molecule has 2 aromatic rings. The lowest BCUT2D eigenvalue weighted by Crippen LogP contribution is -2.47. The molecule has 7 heteroatoms. The van der Waals surface area contributed by atoms with Gasteiger partial charge in [-0.05, 0) is 38.4 Å². The fourth-order valence-electron chi connectivity index (χ4n) is 2.77. The Morgan fingerprint density at radius 1 is 1.61 bits per heavy atom. The highest BCUT2D eigenvalue weighted by atomic mass is 32.1. The van der Waals surface area contributed by atoms with Crippen molar-refractivity contribution in [2.45, 2.75) is 32.4 Å². The molecule has 0 radical (unpaired) electrons. The highest BCUT2D eigenvalue weighted by Crippen LogP contribution is 2.26. The number of hydrogen-bond donors (Lipinski definition) is 1. The molecule has 1 aliphatic heterocycles. The molecule has 2 aromatic heterocycles. The van der Waals surface area contributed by atoms with E-state index in [1.807, 2.05) is 25.3 Å². The van der Waals surface area contributed by atoms with Gasteiger partial charge in [0.1, 0.15) is 0 Å². The highest BCUT2D eigenvalue weighted by Gasteiger charge is 2.22. The fraction of sp³-hybridized carbons (Fsp3) is 0.500. The lowest BCUT2D eigenvalue weighted by molar-refractivity contribution is 0.133. The first-order valence-corrected chi connectivity index (χ1v) is 8.70. The summed E-state index contributed by atoms with van der Waals surface area (Å²) in [7, 11) is 0. The molecule has 0 bridgehead atoms. The number of alkyl carbamates (subject to hydrolysis) is 1. The summed E-state index contributed by atoms with van der Waals surface area (Å²) >= 11 is 1.65. The molecule has 1 atom stereocenters. The van der Waals surface area contributed by atoms with Gasteiger partial charge in [-0.2, -0.15) is 0 Å². The van der Waals surface area contributed by atoms with E-state index in [0.717, 1.165) is 43.2 Å². The maximum absolute atomic E-state index is 11.5. The van der Waals surface area contributed by atoms with Gasteiger partial charge in [-0.15, -0.1) is 11.3 Å². The van der Waals surface area contributed by atoms with Crippen molar-refractivity contribution in [3.63, 3.8) is 0 Å². The van der Waals surface area contributed by atoms with Gasteiger partial charge in [0.05, 0.1) is 12.9 Å². The number of thiazole rings is 1. The van der Waals surface area contributed by atoms with Gasteiger partial charge in [-0.25, -0.2) is 9.78 Å². The second kappa shape index (κ2) is 7.61. The Hall–Kier alpha value is -1.86. The van der Waals surface area contributed by atoms with Crippen LogP contribution in [0.15, 0.2) is 29.0 Å². The lowest BCUT2D eigenvalue weighted by Gasteiger charge is -2.32. The summed E-state index contributed by atoms with van der Waals surface area (Å²) in [5.74, 6) is 0.807. The zero-order valence-corrected chi connectivity index (χ0v) is 14.0. The van der Waals surface area contributed by atoms with Crippen molar-refractivity contribution in [2.24, 2.45) is 0 Å². The second-order valence-corrected chi connectivity index (χ2v) is 6.66. The molecule has 3 rings (SSSR count). The van der Waals surface area contributed by atoms with Gasteiger partial charge in [0.25, 0.3) is 0 Å². The monoisotopic (exact) mass is 335 g/mol. The van der Waals surface area contributed by atoms with Gasteiger partial charge >= 0.3 is 6.09 Å². The molecule has 1 N–H and O–H groups in total. The van der Waals surface area contributed by atoms with Crippen molar-refractivity contribution in [1.82, 2.24) is 15.2 Å². The Bertz CT molecular complexity index is 626. The van der Waals surface area contributed by atoms with Crippen molar-refractivity contribution < 1.29 is 13.9 Å². The quantitative estimate of drug-likeness (QED) is 0.909. The first kappa shape index (κ1) is 16.0. The molecule has 6 nitrogen and oxygen atoms in total. The number of nitrogens with zero attached hydrogens (tertiary/aromatic N) is 2. The van der Waals surface area contributed by atoms with Crippen LogP contribution in [-0.4, -0.2) is 41.7 Å². The van der Waals surface area contributed by atoms with E-state index in [-0.39, 0.29) is 12.1 Å². The first-order valence-electron chi connectivity index (χ1n) is 7.89. The molecular formula is C16H21N3O3S. The summed E-state index contributed by atoms with van der Waals surface area (Å²) in [5, 5.41) is 3.84. The molecule has 23 heavy (non-hydrogen) atoms. The molecule has 0 aliphatic carbocycles. The number of carbonyl (C=O) groups excluding carboxylic acids is 1. The molecule has 1 unspecified atom stereocenters. The van der Waals surface area contributed by atoms with Crippen LogP contribution >= 0.6 is 11.3 Å². The predicted molar refractivity (Wildman–Crippen MR) is 88.3 cm³/mol. The number of hydrogen-bond acceptors (Lipinski definition) is 6. The van der Waals surface area contributed by atoms with Crippen molar-refractivity contribution in [3.05, 3.63) is 29.5 Å². The number of likely N-dealkylation sites (tertiary alicyclic amines) is 1. The molecule has 1 aliphatic rings. The number of nitrogens with one attached hydrogen (secondary N) is 1. The second-order valence-electron chi connectivity index (χ2n) is 5.55. The Kier molecular flexibility index (Phi) is 5.30. The highest BCUT2D eigenvalue weighted by molar-refractivity contribution is 7.14. The molecule has 1 amide bonds. The van der Waals surface area contributed by atoms with E-state index in [9.17, 15) is 4.79 Å². The summed E-state index contributed by atoms with van der Waals surface area (Å²) in [6, 6.07) is 3.94. The minimum absolute atomic E-state index is 0.153. The minimum Gasteiger partial charge on any atom is -0.462 e. The summed E-state index contributed by atoms with van der Waals surface area (Å²) < 4.78 is 10.3. The molecule has 1 fully saturated rings. The van der Waals surface area contributed by atoms with E-state index in [4.69, 9.17) is 9.15 Å². The van der Waals surface area contributed by atoms with E-state index in [2.05, 4.69) is 15.2 Å². The first-order chi connectivity index (χ1) is 11.2. The topological polar surface area (TPSA) is 67.6 Å². The largest absolute Gasteiger partial charge is 0.462 e. The van der Waals surface area contributed by atoms with Crippen LogP contribution in [0.25, 0.3) is 10.8 Å². The molecule has 124 valence electrons.